The van der Waals surface area contributed by atoms with Crippen molar-refractivity contribution < 1.29 is 20.1 Å². The van der Waals surface area contributed by atoms with Crippen molar-refractivity contribution in [2.45, 2.75) is 45.4 Å². The molecule has 2 aromatic rings. The van der Waals surface area contributed by atoms with E-state index in [4.69, 9.17) is 0 Å². The molecule has 1 aliphatic rings. The van der Waals surface area contributed by atoms with E-state index >= 15 is 0 Å². The first-order valence-corrected chi connectivity index (χ1v) is 9.01. The van der Waals surface area contributed by atoms with Crippen LogP contribution in [0.3, 0.4) is 0 Å². The third-order valence-electron chi connectivity index (χ3n) is 5.12. The molecule has 1 heterocycles. The molecule has 26 heavy (non-hydrogen) atoms. The lowest BCUT2D eigenvalue weighted by Gasteiger charge is -2.38. The van der Waals surface area contributed by atoms with Crippen LogP contribution >= 0.6 is 0 Å². The van der Waals surface area contributed by atoms with Crippen LogP contribution in [0.2, 0.25) is 0 Å². The maximum absolute atomic E-state index is 12.5. The van der Waals surface area contributed by atoms with Gasteiger partial charge >= 0.3 is 0 Å². The van der Waals surface area contributed by atoms with E-state index in [1.807, 2.05) is 36.1 Å². The Morgan fingerprint density at radius 3 is 2.54 bits per heavy atom. The second kappa shape index (κ2) is 7.89. The fraction of sp³-hybridized carbons (Fsp3) is 0.381. The molecule has 1 unspecified atom stereocenters. The lowest BCUT2D eigenvalue weighted by Crippen LogP contribution is -2.40. The molecule has 0 spiro atoms. The van der Waals surface area contributed by atoms with Crippen molar-refractivity contribution >= 4 is 5.91 Å². The minimum Gasteiger partial charge on any atom is -0.508 e. The van der Waals surface area contributed by atoms with Crippen LogP contribution in [-0.4, -0.2) is 32.7 Å². The summed E-state index contributed by atoms with van der Waals surface area (Å²) in [5, 5.41) is 28.6. The first-order valence-electron chi connectivity index (χ1n) is 9.01. The van der Waals surface area contributed by atoms with Gasteiger partial charge in [0, 0.05) is 18.5 Å². The van der Waals surface area contributed by atoms with Crippen molar-refractivity contribution in [2.24, 2.45) is 0 Å². The van der Waals surface area contributed by atoms with Crippen molar-refractivity contribution in [1.82, 2.24) is 4.90 Å². The van der Waals surface area contributed by atoms with Crippen molar-refractivity contribution in [3.63, 3.8) is 0 Å². The Balaban J connectivity index is 1.97. The molecule has 1 aliphatic heterocycles. The standard InChI is InChI=1S/C21H25NO4/c1-2-21(26)22-8-7-16-9-15(12-23)4-6-18(16)19(22)10-14-3-5-17(13-24)20(25)11-14/h3-6,9,11,19,23-25H,2,7-8,10,12-13H2,1H3. The van der Waals surface area contributed by atoms with E-state index in [0.717, 1.165) is 28.7 Å². The average molecular weight is 355 g/mol. The van der Waals surface area contributed by atoms with Crippen LogP contribution in [0.5, 0.6) is 5.75 Å². The molecule has 0 saturated heterocycles. The monoisotopic (exact) mass is 355 g/mol. The predicted molar refractivity (Wildman–Crippen MR) is 98.5 cm³/mol. The number of hydrogen-bond donors (Lipinski definition) is 3. The summed E-state index contributed by atoms with van der Waals surface area (Å²) in [4.78, 5) is 14.4. The highest BCUT2D eigenvalue weighted by atomic mass is 16.3. The Hall–Kier alpha value is -2.37. The molecule has 5 nitrogen and oxygen atoms in total. The van der Waals surface area contributed by atoms with Gasteiger partial charge < -0.3 is 20.2 Å². The number of aromatic hydroxyl groups is 1. The third-order valence-corrected chi connectivity index (χ3v) is 5.12. The summed E-state index contributed by atoms with van der Waals surface area (Å²) in [6.45, 7) is 2.32. The number of rotatable bonds is 5. The van der Waals surface area contributed by atoms with Gasteiger partial charge in [0.15, 0.2) is 0 Å². The van der Waals surface area contributed by atoms with Crippen molar-refractivity contribution in [2.75, 3.05) is 6.54 Å². The number of benzene rings is 2. The smallest absolute Gasteiger partial charge is 0.222 e. The maximum atomic E-state index is 12.5. The van der Waals surface area contributed by atoms with E-state index in [0.29, 0.717) is 24.9 Å². The van der Waals surface area contributed by atoms with Gasteiger partial charge in [-0.15, -0.1) is 0 Å². The summed E-state index contributed by atoms with van der Waals surface area (Å²) in [6.07, 6.45) is 1.83. The molecule has 3 rings (SSSR count). The molecule has 0 saturated carbocycles. The molecule has 0 radical (unpaired) electrons. The molecule has 0 aromatic heterocycles. The maximum Gasteiger partial charge on any atom is 0.222 e. The Labute approximate surface area is 153 Å². The van der Waals surface area contributed by atoms with Crippen LogP contribution in [0.4, 0.5) is 0 Å². The van der Waals surface area contributed by atoms with E-state index in [-0.39, 0.29) is 30.9 Å². The van der Waals surface area contributed by atoms with Crippen LogP contribution in [0.25, 0.3) is 0 Å². The normalized spacial score (nSPS) is 16.4. The van der Waals surface area contributed by atoms with Crippen LogP contribution in [0, 0.1) is 0 Å². The van der Waals surface area contributed by atoms with Gasteiger partial charge in [0.05, 0.1) is 19.3 Å². The highest BCUT2D eigenvalue weighted by Gasteiger charge is 2.30. The summed E-state index contributed by atoms with van der Waals surface area (Å²) in [5.74, 6) is 0.188. The molecule has 2 aromatic carbocycles. The summed E-state index contributed by atoms with van der Waals surface area (Å²) in [6, 6.07) is 11.1. The Bertz CT molecular complexity index is 803. The average Bonchev–Trinajstić information content (AvgIpc) is 2.67. The zero-order valence-electron chi connectivity index (χ0n) is 15.0. The highest BCUT2D eigenvalue weighted by molar-refractivity contribution is 5.77. The molecule has 0 fully saturated rings. The number of fused-ring (bicyclic) bond motifs is 1. The second-order valence-corrected chi connectivity index (χ2v) is 6.72. The Morgan fingerprint density at radius 2 is 1.88 bits per heavy atom. The summed E-state index contributed by atoms with van der Waals surface area (Å²) in [5.41, 5.74) is 4.55. The van der Waals surface area contributed by atoms with Gasteiger partial charge in [-0.2, -0.15) is 0 Å². The molecule has 5 heteroatoms. The minimum absolute atomic E-state index is 0.00600. The molecule has 3 N–H and O–H groups in total. The third kappa shape index (κ3) is 3.59. The van der Waals surface area contributed by atoms with E-state index in [9.17, 15) is 20.1 Å². The van der Waals surface area contributed by atoms with Gasteiger partial charge in [-0.1, -0.05) is 37.3 Å². The van der Waals surface area contributed by atoms with Crippen molar-refractivity contribution in [3.05, 3.63) is 64.2 Å². The van der Waals surface area contributed by atoms with Crippen LogP contribution < -0.4 is 0 Å². The predicted octanol–water partition coefficient (Wildman–Crippen LogP) is 2.46. The fourth-order valence-electron chi connectivity index (χ4n) is 3.68. The van der Waals surface area contributed by atoms with Gasteiger partial charge in [0.2, 0.25) is 5.91 Å². The number of hydrogen-bond acceptors (Lipinski definition) is 4. The molecule has 1 amide bonds. The number of phenols is 1. The molecular formula is C21H25NO4. The molecule has 138 valence electrons. The van der Waals surface area contributed by atoms with Gasteiger partial charge in [0.1, 0.15) is 5.75 Å². The number of carbonyl (C=O) groups excluding carboxylic acids is 1. The van der Waals surface area contributed by atoms with E-state index in [1.54, 1.807) is 12.1 Å². The van der Waals surface area contributed by atoms with E-state index in [2.05, 4.69) is 0 Å². The number of carbonyl (C=O) groups is 1. The lowest BCUT2D eigenvalue weighted by atomic mass is 9.87. The second-order valence-electron chi connectivity index (χ2n) is 6.72. The van der Waals surface area contributed by atoms with Crippen LogP contribution in [0.1, 0.15) is 47.2 Å². The largest absolute Gasteiger partial charge is 0.508 e. The summed E-state index contributed by atoms with van der Waals surface area (Å²) >= 11 is 0. The highest BCUT2D eigenvalue weighted by Crippen LogP contribution is 2.34. The lowest BCUT2D eigenvalue weighted by molar-refractivity contribution is -0.133. The van der Waals surface area contributed by atoms with Gasteiger partial charge in [-0.3, -0.25) is 4.79 Å². The molecule has 0 bridgehead atoms. The number of amides is 1. The minimum atomic E-state index is -0.206. The Morgan fingerprint density at radius 1 is 1.12 bits per heavy atom. The Kier molecular flexibility index (Phi) is 5.59. The van der Waals surface area contributed by atoms with E-state index < -0.39 is 0 Å². The van der Waals surface area contributed by atoms with E-state index in [1.165, 1.54) is 0 Å². The van der Waals surface area contributed by atoms with Crippen LogP contribution in [0.15, 0.2) is 36.4 Å². The number of aliphatic hydroxyl groups excluding tert-OH is 2. The quantitative estimate of drug-likeness (QED) is 0.770. The number of aliphatic hydroxyl groups is 2. The molecule has 1 atom stereocenters. The zero-order chi connectivity index (χ0) is 18.7. The first-order chi connectivity index (χ1) is 12.6. The van der Waals surface area contributed by atoms with Gasteiger partial charge in [0.25, 0.3) is 0 Å². The topological polar surface area (TPSA) is 81.0 Å². The zero-order valence-corrected chi connectivity index (χ0v) is 15.0. The van der Waals surface area contributed by atoms with Crippen molar-refractivity contribution in [1.29, 1.82) is 0 Å². The van der Waals surface area contributed by atoms with Gasteiger partial charge in [-0.25, -0.2) is 0 Å². The first kappa shape index (κ1) is 18.4. The summed E-state index contributed by atoms with van der Waals surface area (Å²) < 4.78 is 0. The van der Waals surface area contributed by atoms with Crippen molar-refractivity contribution in [3.8, 4) is 5.75 Å². The van der Waals surface area contributed by atoms with Crippen LogP contribution in [-0.2, 0) is 30.8 Å². The van der Waals surface area contributed by atoms with Gasteiger partial charge in [-0.05, 0) is 41.2 Å². The molecular weight excluding hydrogens is 330 g/mol. The fourth-order valence-corrected chi connectivity index (χ4v) is 3.68. The number of nitrogens with zero attached hydrogens (tertiary/aromatic N) is 1. The SMILES string of the molecule is CCC(=O)N1CCc2cc(CO)ccc2C1Cc1ccc(CO)c(O)c1. The summed E-state index contributed by atoms with van der Waals surface area (Å²) in [7, 11) is 0. The molecule has 0 aliphatic carbocycles.